The second-order valence-corrected chi connectivity index (χ2v) is 7.31. The summed E-state index contributed by atoms with van der Waals surface area (Å²) >= 11 is 0. The lowest BCUT2D eigenvalue weighted by Crippen LogP contribution is -2.40. The van der Waals surface area contributed by atoms with Crippen molar-refractivity contribution in [2.75, 3.05) is 20.8 Å². The maximum atomic E-state index is 13.2. The summed E-state index contributed by atoms with van der Waals surface area (Å²) < 4.78 is 18.4. The smallest absolute Gasteiger partial charge is 0.263 e. The fourth-order valence-corrected chi connectivity index (χ4v) is 3.90. The molecule has 1 aliphatic rings. The molecular formula is C22H25N5O4. The second-order valence-electron chi connectivity index (χ2n) is 7.31. The number of nitrogens with zero attached hydrogens (tertiary/aromatic N) is 5. The number of tetrazole rings is 1. The van der Waals surface area contributed by atoms with Crippen LogP contribution < -0.4 is 14.2 Å². The third-order valence-electron chi connectivity index (χ3n) is 5.44. The van der Waals surface area contributed by atoms with Crippen molar-refractivity contribution in [1.82, 2.24) is 25.1 Å². The van der Waals surface area contributed by atoms with Crippen LogP contribution in [0.3, 0.4) is 0 Å². The van der Waals surface area contributed by atoms with E-state index in [1.165, 1.54) is 6.33 Å². The Hall–Kier alpha value is -3.62. The summed E-state index contributed by atoms with van der Waals surface area (Å²) in [5, 5.41) is 11.1. The summed E-state index contributed by atoms with van der Waals surface area (Å²) in [6, 6.07) is 12.9. The summed E-state index contributed by atoms with van der Waals surface area (Å²) in [5.41, 5.74) is 1.76. The Labute approximate surface area is 180 Å². The summed E-state index contributed by atoms with van der Waals surface area (Å²) in [7, 11) is 3.26. The van der Waals surface area contributed by atoms with Crippen LogP contribution in [0, 0.1) is 0 Å². The number of carbonyl (C=O) groups excluding carboxylic acids is 1. The van der Waals surface area contributed by atoms with Gasteiger partial charge in [-0.2, -0.15) is 0 Å². The fraction of sp³-hybridized carbons (Fsp3) is 0.364. The molecule has 1 saturated heterocycles. The van der Waals surface area contributed by atoms with Gasteiger partial charge < -0.3 is 19.1 Å². The van der Waals surface area contributed by atoms with Gasteiger partial charge in [0.25, 0.3) is 5.91 Å². The first-order valence-corrected chi connectivity index (χ1v) is 10.1. The Morgan fingerprint density at radius 2 is 1.87 bits per heavy atom. The van der Waals surface area contributed by atoms with Gasteiger partial charge in [0.05, 0.1) is 25.9 Å². The zero-order valence-electron chi connectivity index (χ0n) is 17.8. The average Bonchev–Trinajstić information content (AvgIpc) is 3.51. The van der Waals surface area contributed by atoms with E-state index in [1.54, 1.807) is 38.0 Å². The van der Waals surface area contributed by atoms with Gasteiger partial charge in [-0.05, 0) is 72.7 Å². The highest BCUT2D eigenvalue weighted by molar-refractivity contribution is 5.81. The van der Waals surface area contributed by atoms with Crippen molar-refractivity contribution in [3.8, 4) is 22.9 Å². The van der Waals surface area contributed by atoms with Gasteiger partial charge in [0.2, 0.25) is 0 Å². The van der Waals surface area contributed by atoms with Gasteiger partial charge in [-0.1, -0.05) is 0 Å². The van der Waals surface area contributed by atoms with E-state index in [2.05, 4.69) is 15.5 Å². The molecule has 1 amide bonds. The highest BCUT2D eigenvalue weighted by Gasteiger charge is 2.35. The minimum Gasteiger partial charge on any atom is -0.497 e. The molecule has 1 aliphatic heterocycles. The number of aromatic nitrogens is 4. The summed E-state index contributed by atoms with van der Waals surface area (Å²) in [6.07, 6.45) is 2.67. The molecule has 0 N–H and O–H groups in total. The Morgan fingerprint density at radius 1 is 1.10 bits per heavy atom. The highest BCUT2D eigenvalue weighted by atomic mass is 16.5. The topological polar surface area (TPSA) is 91.6 Å². The van der Waals surface area contributed by atoms with Crippen LogP contribution in [0.15, 0.2) is 48.8 Å². The first kappa shape index (κ1) is 20.6. The van der Waals surface area contributed by atoms with Crippen LogP contribution >= 0.6 is 0 Å². The molecule has 2 atom stereocenters. The predicted molar refractivity (Wildman–Crippen MR) is 112 cm³/mol. The van der Waals surface area contributed by atoms with E-state index in [9.17, 15) is 4.79 Å². The minimum absolute atomic E-state index is 0.0584. The number of hydrogen-bond donors (Lipinski definition) is 0. The highest BCUT2D eigenvalue weighted by Crippen LogP contribution is 2.39. The van der Waals surface area contributed by atoms with Crippen LogP contribution in [0.5, 0.6) is 17.2 Å². The Morgan fingerprint density at radius 3 is 2.55 bits per heavy atom. The zero-order valence-corrected chi connectivity index (χ0v) is 17.8. The Kier molecular flexibility index (Phi) is 6.01. The number of ether oxygens (including phenoxy) is 3. The van der Waals surface area contributed by atoms with Gasteiger partial charge in [0, 0.05) is 12.1 Å². The predicted octanol–water partition coefficient (Wildman–Crippen LogP) is 2.81. The van der Waals surface area contributed by atoms with Gasteiger partial charge in [-0.25, -0.2) is 4.68 Å². The SMILES string of the molecule is COc1ccc(OC)c([C@H]2CCCN2C(=O)[C@H](C)Oc2ccc(-n3cnnn3)cc2)c1. The van der Waals surface area contributed by atoms with Crippen molar-refractivity contribution in [2.24, 2.45) is 0 Å². The van der Waals surface area contributed by atoms with E-state index >= 15 is 0 Å². The molecule has 9 heteroatoms. The van der Waals surface area contributed by atoms with Crippen molar-refractivity contribution in [3.05, 3.63) is 54.4 Å². The molecule has 3 aromatic rings. The van der Waals surface area contributed by atoms with Crippen LogP contribution in [0.1, 0.15) is 31.4 Å². The van der Waals surface area contributed by atoms with Crippen LogP contribution in [0.25, 0.3) is 5.69 Å². The van der Waals surface area contributed by atoms with E-state index < -0.39 is 6.10 Å². The van der Waals surface area contributed by atoms with Gasteiger partial charge in [-0.3, -0.25) is 4.79 Å². The Bertz CT molecular complexity index is 1020. The number of benzene rings is 2. The molecule has 4 rings (SSSR count). The molecule has 0 radical (unpaired) electrons. The van der Waals surface area contributed by atoms with E-state index in [0.717, 1.165) is 35.6 Å². The fourth-order valence-electron chi connectivity index (χ4n) is 3.90. The number of amides is 1. The second kappa shape index (κ2) is 9.03. The van der Waals surface area contributed by atoms with Gasteiger partial charge >= 0.3 is 0 Å². The molecule has 0 aliphatic carbocycles. The standard InChI is InChI=1S/C22H25N5O4/c1-15(31-17-8-6-16(7-9-17)27-14-23-24-25-27)22(28)26-12-4-5-20(26)19-13-18(29-2)10-11-21(19)30-3/h6-11,13-15,20H,4-5,12H2,1-3H3/t15-,20+/m0/s1. The van der Waals surface area contributed by atoms with E-state index in [4.69, 9.17) is 14.2 Å². The maximum Gasteiger partial charge on any atom is 0.263 e. The van der Waals surface area contributed by atoms with Crippen LogP contribution in [0.2, 0.25) is 0 Å². The lowest BCUT2D eigenvalue weighted by molar-refractivity contribution is -0.138. The number of rotatable bonds is 7. The molecule has 1 aromatic heterocycles. The molecule has 2 heterocycles. The summed E-state index contributed by atoms with van der Waals surface area (Å²) in [6.45, 7) is 2.45. The monoisotopic (exact) mass is 423 g/mol. The van der Waals surface area contributed by atoms with E-state index in [0.29, 0.717) is 12.3 Å². The quantitative estimate of drug-likeness (QED) is 0.577. The molecule has 162 valence electrons. The number of carbonyl (C=O) groups is 1. The maximum absolute atomic E-state index is 13.2. The third-order valence-corrected chi connectivity index (χ3v) is 5.44. The van der Waals surface area contributed by atoms with Gasteiger partial charge in [0.1, 0.15) is 23.6 Å². The lowest BCUT2D eigenvalue weighted by atomic mass is 10.0. The average molecular weight is 423 g/mol. The van der Waals surface area contributed by atoms with Crippen LogP contribution in [0.4, 0.5) is 0 Å². The Balaban J connectivity index is 1.48. The molecule has 0 unspecified atom stereocenters. The molecular weight excluding hydrogens is 398 g/mol. The third kappa shape index (κ3) is 4.30. The summed E-state index contributed by atoms with van der Waals surface area (Å²) in [4.78, 5) is 15.1. The molecule has 9 nitrogen and oxygen atoms in total. The number of likely N-dealkylation sites (tertiary alicyclic amines) is 1. The van der Waals surface area contributed by atoms with Crippen molar-refractivity contribution in [1.29, 1.82) is 0 Å². The molecule has 1 fully saturated rings. The molecule has 2 aromatic carbocycles. The molecule has 0 bridgehead atoms. The van der Waals surface area contributed by atoms with E-state index in [1.807, 2.05) is 35.2 Å². The minimum atomic E-state index is -0.629. The van der Waals surface area contributed by atoms with Crippen LogP contribution in [-0.2, 0) is 4.79 Å². The van der Waals surface area contributed by atoms with E-state index in [-0.39, 0.29) is 11.9 Å². The first-order chi connectivity index (χ1) is 15.1. The number of hydrogen-bond acceptors (Lipinski definition) is 7. The largest absolute Gasteiger partial charge is 0.497 e. The van der Waals surface area contributed by atoms with Crippen molar-refractivity contribution in [2.45, 2.75) is 31.9 Å². The first-order valence-electron chi connectivity index (χ1n) is 10.1. The van der Waals surface area contributed by atoms with Gasteiger partial charge in [0.15, 0.2) is 6.10 Å². The molecule has 31 heavy (non-hydrogen) atoms. The van der Waals surface area contributed by atoms with Crippen molar-refractivity contribution in [3.63, 3.8) is 0 Å². The van der Waals surface area contributed by atoms with Crippen molar-refractivity contribution >= 4 is 5.91 Å². The summed E-state index contributed by atoms with van der Waals surface area (Å²) in [5.74, 6) is 2.03. The molecule has 0 spiro atoms. The normalized spacial score (nSPS) is 16.7. The zero-order chi connectivity index (χ0) is 21.8. The van der Waals surface area contributed by atoms with Crippen LogP contribution in [-0.4, -0.2) is 57.9 Å². The molecule has 0 saturated carbocycles. The van der Waals surface area contributed by atoms with Gasteiger partial charge in [-0.15, -0.1) is 5.10 Å². The lowest BCUT2D eigenvalue weighted by Gasteiger charge is -2.29. The number of methoxy groups -OCH3 is 2. The van der Waals surface area contributed by atoms with Crippen molar-refractivity contribution < 1.29 is 19.0 Å².